The van der Waals surface area contributed by atoms with E-state index in [1.54, 1.807) is 14.1 Å². The Kier molecular flexibility index (Phi) is 4.09. The Bertz CT molecular complexity index is 561. The van der Waals surface area contributed by atoms with Crippen LogP contribution in [0.1, 0.15) is 11.4 Å². The molecule has 0 saturated carbocycles. The van der Waals surface area contributed by atoms with E-state index in [9.17, 15) is 13.2 Å². The van der Waals surface area contributed by atoms with E-state index in [1.165, 1.54) is 18.9 Å². The van der Waals surface area contributed by atoms with Crippen LogP contribution in [-0.4, -0.2) is 48.4 Å². The highest BCUT2D eigenvalue weighted by molar-refractivity contribution is 7.89. The molecule has 0 aliphatic heterocycles. The first kappa shape index (κ1) is 14.6. The van der Waals surface area contributed by atoms with E-state index in [0.29, 0.717) is 5.69 Å². The zero-order valence-electron chi connectivity index (χ0n) is 10.6. The van der Waals surface area contributed by atoms with Gasteiger partial charge in [-0.1, -0.05) is 0 Å². The third kappa shape index (κ3) is 3.06. The van der Waals surface area contributed by atoms with E-state index >= 15 is 0 Å². The fraction of sp³-hybridized carbons (Fsp3) is 0.556. The molecule has 1 aromatic heterocycles. The summed E-state index contributed by atoms with van der Waals surface area (Å²) in [6.07, 6.45) is 0. The Morgan fingerprint density at radius 2 is 2.00 bits per heavy atom. The zero-order valence-corrected chi connectivity index (χ0v) is 11.4. The van der Waals surface area contributed by atoms with Crippen LogP contribution < -0.4 is 4.83 Å². The maximum absolute atomic E-state index is 12.0. The first-order valence-corrected chi connectivity index (χ1v) is 6.59. The predicted octanol–water partition coefficient (Wildman–Crippen LogP) is -0.661. The lowest BCUT2D eigenvalue weighted by Crippen LogP contribution is -2.36. The molecule has 102 valence electrons. The summed E-state index contributed by atoms with van der Waals surface area (Å²) in [5.41, 5.74) is 0.562. The number of aromatic nitrogens is 2. The summed E-state index contributed by atoms with van der Waals surface area (Å²) >= 11 is 0. The number of nitrogens with one attached hydrogen (secondary N) is 1. The molecule has 0 aromatic carbocycles. The first-order chi connectivity index (χ1) is 8.15. The van der Waals surface area contributed by atoms with Crippen LogP contribution in [0.25, 0.3) is 0 Å². The maximum atomic E-state index is 12.0. The van der Waals surface area contributed by atoms with Crippen molar-refractivity contribution in [3.05, 3.63) is 11.4 Å². The van der Waals surface area contributed by atoms with E-state index in [0.717, 1.165) is 4.68 Å². The Balaban J connectivity index is 3.26. The molecule has 0 amide bonds. The van der Waals surface area contributed by atoms with Crippen molar-refractivity contribution in [1.29, 1.82) is 0 Å². The lowest BCUT2D eigenvalue weighted by atomic mass is 10.4. The van der Waals surface area contributed by atoms with Gasteiger partial charge < -0.3 is 5.11 Å². The minimum atomic E-state index is -3.74. The van der Waals surface area contributed by atoms with E-state index < -0.39 is 16.0 Å². The molecule has 0 aliphatic carbocycles. The molecule has 0 spiro atoms. The number of hydrogen-bond acceptors (Lipinski definition) is 5. The summed E-state index contributed by atoms with van der Waals surface area (Å²) in [5.74, 6) is -1.08. The molecule has 0 aliphatic rings. The number of sulfonamides is 1. The number of aryl methyl sites for hydroxylation is 1. The van der Waals surface area contributed by atoms with Crippen molar-refractivity contribution in [1.82, 2.24) is 19.6 Å². The normalized spacial score (nSPS) is 12.1. The van der Waals surface area contributed by atoms with Gasteiger partial charge in [-0.2, -0.15) is 5.10 Å². The van der Waals surface area contributed by atoms with Crippen LogP contribution in [0.2, 0.25) is 0 Å². The topological polar surface area (TPSA) is 105 Å². The third-order valence-corrected chi connectivity index (χ3v) is 3.91. The van der Waals surface area contributed by atoms with Crippen LogP contribution in [0.3, 0.4) is 0 Å². The van der Waals surface area contributed by atoms with Gasteiger partial charge in [0.1, 0.15) is 11.4 Å². The summed E-state index contributed by atoms with van der Waals surface area (Å²) in [5, 5.41) is 13.9. The third-order valence-electron chi connectivity index (χ3n) is 2.17. The predicted molar refractivity (Wildman–Crippen MR) is 63.3 cm³/mol. The lowest BCUT2D eigenvalue weighted by Gasteiger charge is -2.12. The molecule has 9 heteroatoms. The Morgan fingerprint density at radius 3 is 2.44 bits per heavy atom. The molecule has 0 unspecified atom stereocenters. The van der Waals surface area contributed by atoms with E-state index in [-0.39, 0.29) is 17.1 Å². The number of hydrogen-bond donors (Lipinski definition) is 2. The molecule has 8 nitrogen and oxygen atoms in total. The fourth-order valence-corrected chi connectivity index (χ4v) is 3.13. The zero-order chi connectivity index (χ0) is 14.1. The minimum absolute atomic E-state index is 0.0115. The molecule has 0 radical (unpaired) electrons. The molecule has 2 N–H and O–H groups in total. The maximum Gasteiger partial charge on any atom is 0.325 e. The second kappa shape index (κ2) is 5.04. The van der Waals surface area contributed by atoms with Crippen LogP contribution in [0, 0.1) is 13.8 Å². The number of carboxylic acid groups (broad SMARTS) is 1. The fourth-order valence-electron chi connectivity index (χ4n) is 1.64. The van der Waals surface area contributed by atoms with Gasteiger partial charge in [-0.25, -0.2) is 13.4 Å². The van der Waals surface area contributed by atoms with Gasteiger partial charge >= 0.3 is 5.97 Å². The summed E-state index contributed by atoms with van der Waals surface area (Å²) in [7, 11) is -0.645. The van der Waals surface area contributed by atoms with E-state index in [1.807, 2.05) is 0 Å². The highest BCUT2D eigenvalue weighted by atomic mass is 32.2. The number of hydrazine groups is 1. The Labute approximate surface area is 105 Å². The molecule has 0 saturated heterocycles. The molecular weight excluding hydrogens is 260 g/mol. The Hall–Kier alpha value is -1.45. The number of aliphatic carboxylic acids is 1. The molecule has 1 rings (SSSR count). The van der Waals surface area contributed by atoms with Gasteiger partial charge in [0.2, 0.25) is 0 Å². The van der Waals surface area contributed by atoms with Gasteiger partial charge in [0, 0.05) is 14.1 Å². The number of rotatable bonds is 5. The largest absolute Gasteiger partial charge is 0.480 e. The van der Waals surface area contributed by atoms with Crippen LogP contribution in [0.4, 0.5) is 0 Å². The number of carbonyl (C=O) groups is 1. The highest BCUT2D eigenvalue weighted by Gasteiger charge is 2.25. The van der Waals surface area contributed by atoms with E-state index in [2.05, 4.69) is 9.93 Å². The van der Waals surface area contributed by atoms with Gasteiger partial charge in [-0.3, -0.25) is 9.48 Å². The average Bonchev–Trinajstić information content (AvgIpc) is 2.38. The number of nitrogens with zero attached hydrogens (tertiary/aromatic N) is 3. The quantitative estimate of drug-likeness (QED) is 0.692. The van der Waals surface area contributed by atoms with Crippen molar-refractivity contribution in [3.8, 4) is 0 Å². The first-order valence-electron chi connectivity index (χ1n) is 5.10. The van der Waals surface area contributed by atoms with Crippen molar-refractivity contribution < 1.29 is 18.3 Å². The van der Waals surface area contributed by atoms with Gasteiger partial charge in [-0.15, -0.1) is 4.83 Å². The minimum Gasteiger partial charge on any atom is -0.480 e. The molecule has 1 aromatic rings. The summed E-state index contributed by atoms with van der Waals surface area (Å²) in [6, 6.07) is 0. The SMILES string of the molecule is Cc1nn(CC(=O)O)c(C)c1S(=O)(=O)NN(C)C. The van der Waals surface area contributed by atoms with Gasteiger partial charge in [0.05, 0.1) is 11.4 Å². The Morgan fingerprint density at radius 1 is 1.44 bits per heavy atom. The van der Waals surface area contributed by atoms with E-state index in [4.69, 9.17) is 5.11 Å². The average molecular weight is 276 g/mol. The summed E-state index contributed by atoms with van der Waals surface area (Å²) in [4.78, 5) is 12.9. The van der Waals surface area contributed by atoms with Crippen molar-refractivity contribution >= 4 is 16.0 Å². The van der Waals surface area contributed by atoms with Gasteiger partial charge in [-0.05, 0) is 13.8 Å². The second-order valence-electron chi connectivity index (χ2n) is 4.04. The molecule has 0 bridgehead atoms. The molecule has 0 fully saturated rings. The second-order valence-corrected chi connectivity index (χ2v) is 5.64. The van der Waals surface area contributed by atoms with Crippen LogP contribution in [0.5, 0.6) is 0 Å². The van der Waals surface area contributed by atoms with Gasteiger partial charge in [0.25, 0.3) is 10.0 Å². The van der Waals surface area contributed by atoms with Crippen LogP contribution in [-0.2, 0) is 21.4 Å². The molecule has 0 atom stereocenters. The van der Waals surface area contributed by atoms with Gasteiger partial charge in [0.15, 0.2) is 0 Å². The van der Waals surface area contributed by atoms with Crippen molar-refractivity contribution in [2.75, 3.05) is 14.1 Å². The summed E-state index contributed by atoms with van der Waals surface area (Å²) in [6.45, 7) is 2.67. The van der Waals surface area contributed by atoms with Crippen LogP contribution >= 0.6 is 0 Å². The van der Waals surface area contributed by atoms with Crippen molar-refractivity contribution in [2.45, 2.75) is 25.3 Å². The van der Waals surface area contributed by atoms with Crippen molar-refractivity contribution in [2.24, 2.45) is 0 Å². The summed E-state index contributed by atoms with van der Waals surface area (Å²) < 4.78 is 25.2. The van der Waals surface area contributed by atoms with Crippen molar-refractivity contribution in [3.63, 3.8) is 0 Å². The lowest BCUT2D eigenvalue weighted by molar-refractivity contribution is -0.137. The molecule has 18 heavy (non-hydrogen) atoms. The standard InChI is InChI=1S/C9H16N4O4S/c1-6-9(18(16,17)11-12(3)4)7(2)13(10-6)5-8(14)15/h11H,5H2,1-4H3,(H,14,15). The number of carboxylic acids is 1. The van der Waals surface area contributed by atoms with Crippen LogP contribution in [0.15, 0.2) is 4.90 Å². The highest BCUT2D eigenvalue weighted by Crippen LogP contribution is 2.19. The molecule has 1 heterocycles. The smallest absolute Gasteiger partial charge is 0.325 e. The monoisotopic (exact) mass is 276 g/mol. The molecular formula is C9H16N4O4S.